The number of amides is 1. The summed E-state index contributed by atoms with van der Waals surface area (Å²) in [7, 11) is 0. The normalized spacial score (nSPS) is 20.2. The molecular weight excluding hydrogens is 218 g/mol. The number of likely N-dealkylation sites (tertiary alicyclic amines) is 1. The van der Waals surface area contributed by atoms with Crippen LogP contribution in [0, 0.1) is 5.92 Å². The Morgan fingerprint density at radius 1 is 1.41 bits per heavy atom. The smallest absolute Gasteiger partial charge is 0.410 e. The molecule has 100 valence electrons. The van der Waals surface area contributed by atoms with Crippen LogP contribution in [0.5, 0.6) is 0 Å². The Kier molecular flexibility index (Phi) is 4.80. The lowest BCUT2D eigenvalue weighted by Crippen LogP contribution is -2.42. The average molecular weight is 243 g/mol. The van der Waals surface area contributed by atoms with Gasteiger partial charge in [0.2, 0.25) is 0 Å². The molecule has 1 aliphatic heterocycles. The van der Waals surface area contributed by atoms with Crippen LogP contribution in [0.15, 0.2) is 0 Å². The van der Waals surface area contributed by atoms with Gasteiger partial charge in [0.05, 0.1) is 6.10 Å². The first-order valence-corrected chi connectivity index (χ1v) is 6.44. The van der Waals surface area contributed by atoms with Crippen molar-refractivity contribution in [3.63, 3.8) is 0 Å². The van der Waals surface area contributed by atoms with Crippen molar-refractivity contribution in [2.24, 2.45) is 5.92 Å². The van der Waals surface area contributed by atoms with Gasteiger partial charge in [-0.05, 0) is 52.9 Å². The number of carbonyl (C=O) groups is 1. The first-order valence-electron chi connectivity index (χ1n) is 6.44. The minimum atomic E-state index is -0.423. The van der Waals surface area contributed by atoms with Gasteiger partial charge < -0.3 is 14.7 Å². The number of piperidine rings is 1. The molecule has 1 aliphatic rings. The van der Waals surface area contributed by atoms with Crippen LogP contribution in [-0.2, 0) is 4.74 Å². The summed E-state index contributed by atoms with van der Waals surface area (Å²) in [6, 6.07) is 0. The number of aliphatic hydroxyl groups is 1. The zero-order valence-corrected chi connectivity index (χ0v) is 11.4. The molecule has 17 heavy (non-hydrogen) atoms. The Labute approximate surface area is 104 Å². The van der Waals surface area contributed by atoms with E-state index in [1.54, 1.807) is 4.90 Å². The highest BCUT2D eigenvalue weighted by Gasteiger charge is 2.27. The summed E-state index contributed by atoms with van der Waals surface area (Å²) in [5.74, 6) is 0.536. The molecule has 1 atom stereocenters. The second-order valence-electron chi connectivity index (χ2n) is 6.00. The summed E-state index contributed by atoms with van der Waals surface area (Å²) in [4.78, 5) is 13.6. The molecule has 4 heteroatoms. The maximum atomic E-state index is 11.8. The quantitative estimate of drug-likeness (QED) is 0.810. The Hall–Kier alpha value is -0.770. The molecule has 1 amide bonds. The number of rotatable bonds is 2. The van der Waals surface area contributed by atoms with Crippen LogP contribution in [0.4, 0.5) is 4.79 Å². The summed E-state index contributed by atoms with van der Waals surface area (Å²) >= 11 is 0. The molecule has 1 heterocycles. The van der Waals surface area contributed by atoms with Crippen LogP contribution in [0.1, 0.15) is 47.0 Å². The van der Waals surface area contributed by atoms with E-state index in [0.29, 0.717) is 5.92 Å². The molecule has 1 saturated heterocycles. The van der Waals surface area contributed by atoms with Crippen LogP contribution in [0.25, 0.3) is 0 Å². The van der Waals surface area contributed by atoms with Gasteiger partial charge in [0, 0.05) is 13.1 Å². The van der Waals surface area contributed by atoms with E-state index in [9.17, 15) is 9.90 Å². The minimum absolute atomic E-state index is 0.215. The molecule has 1 N–H and O–H groups in total. The molecule has 1 fully saturated rings. The van der Waals surface area contributed by atoms with Gasteiger partial charge in [-0.1, -0.05) is 0 Å². The highest BCUT2D eigenvalue weighted by molar-refractivity contribution is 5.68. The summed E-state index contributed by atoms with van der Waals surface area (Å²) in [6.07, 6.45) is 2.30. The van der Waals surface area contributed by atoms with Gasteiger partial charge in [-0.15, -0.1) is 0 Å². The van der Waals surface area contributed by atoms with E-state index < -0.39 is 5.60 Å². The molecule has 0 aromatic carbocycles. The number of hydrogen-bond donors (Lipinski definition) is 1. The fourth-order valence-electron chi connectivity index (χ4n) is 2.16. The van der Waals surface area contributed by atoms with Crippen molar-refractivity contribution in [3.8, 4) is 0 Å². The van der Waals surface area contributed by atoms with E-state index in [0.717, 1.165) is 32.4 Å². The Morgan fingerprint density at radius 3 is 2.35 bits per heavy atom. The summed E-state index contributed by atoms with van der Waals surface area (Å²) in [6.45, 7) is 8.94. The molecule has 0 unspecified atom stereocenters. The third kappa shape index (κ3) is 5.39. The molecule has 4 nitrogen and oxygen atoms in total. The van der Waals surface area contributed by atoms with Gasteiger partial charge in [-0.2, -0.15) is 0 Å². The summed E-state index contributed by atoms with van der Waals surface area (Å²) in [5, 5.41) is 9.33. The van der Waals surface area contributed by atoms with Crippen LogP contribution in [0.2, 0.25) is 0 Å². The standard InChI is InChI=1S/C13H25NO3/c1-10(15)9-11-5-7-14(8-6-11)12(16)17-13(2,3)4/h10-11,15H,5-9H2,1-4H3/t10-/m0/s1. The molecular formula is C13H25NO3. The first-order chi connectivity index (χ1) is 7.78. The molecule has 0 aliphatic carbocycles. The lowest BCUT2D eigenvalue weighted by molar-refractivity contribution is 0.0165. The summed E-state index contributed by atoms with van der Waals surface area (Å²) in [5.41, 5.74) is -0.423. The zero-order chi connectivity index (χ0) is 13.1. The van der Waals surface area contributed by atoms with Crippen LogP contribution in [-0.4, -0.2) is 40.9 Å². The predicted molar refractivity (Wildman–Crippen MR) is 66.8 cm³/mol. The van der Waals surface area contributed by atoms with Crippen molar-refractivity contribution in [2.45, 2.75) is 58.7 Å². The zero-order valence-electron chi connectivity index (χ0n) is 11.4. The molecule has 0 aromatic heterocycles. The first kappa shape index (κ1) is 14.3. The number of aliphatic hydroxyl groups excluding tert-OH is 1. The summed E-state index contributed by atoms with van der Waals surface area (Å²) < 4.78 is 5.33. The lowest BCUT2D eigenvalue weighted by Gasteiger charge is -2.33. The van der Waals surface area contributed by atoms with E-state index in [-0.39, 0.29) is 12.2 Å². The SMILES string of the molecule is C[C@H](O)CC1CCN(C(=O)OC(C)(C)C)CC1. The third-order valence-electron chi connectivity index (χ3n) is 2.94. The largest absolute Gasteiger partial charge is 0.444 e. The second kappa shape index (κ2) is 5.71. The van der Waals surface area contributed by atoms with Gasteiger partial charge >= 0.3 is 6.09 Å². The molecule has 0 aromatic rings. The fraction of sp³-hybridized carbons (Fsp3) is 0.923. The Morgan fingerprint density at radius 2 is 1.94 bits per heavy atom. The molecule has 0 bridgehead atoms. The van der Waals surface area contributed by atoms with E-state index in [1.807, 2.05) is 27.7 Å². The maximum absolute atomic E-state index is 11.8. The molecule has 1 rings (SSSR count). The fourth-order valence-corrected chi connectivity index (χ4v) is 2.16. The lowest BCUT2D eigenvalue weighted by atomic mass is 9.92. The van der Waals surface area contributed by atoms with E-state index in [1.165, 1.54) is 0 Å². The predicted octanol–water partition coefficient (Wildman–Crippen LogP) is 2.40. The third-order valence-corrected chi connectivity index (χ3v) is 2.94. The highest BCUT2D eigenvalue weighted by atomic mass is 16.6. The minimum Gasteiger partial charge on any atom is -0.444 e. The highest BCUT2D eigenvalue weighted by Crippen LogP contribution is 2.23. The van der Waals surface area contributed by atoms with Gasteiger partial charge in [-0.25, -0.2) is 4.79 Å². The van der Waals surface area contributed by atoms with Crippen molar-refractivity contribution in [1.29, 1.82) is 0 Å². The van der Waals surface area contributed by atoms with Gasteiger partial charge in [0.25, 0.3) is 0 Å². The van der Waals surface area contributed by atoms with Crippen molar-refractivity contribution in [2.75, 3.05) is 13.1 Å². The number of carbonyl (C=O) groups excluding carboxylic acids is 1. The van der Waals surface area contributed by atoms with Gasteiger partial charge in [-0.3, -0.25) is 0 Å². The van der Waals surface area contributed by atoms with Crippen molar-refractivity contribution < 1.29 is 14.6 Å². The van der Waals surface area contributed by atoms with Crippen LogP contribution >= 0.6 is 0 Å². The van der Waals surface area contributed by atoms with E-state index in [4.69, 9.17) is 4.74 Å². The van der Waals surface area contributed by atoms with Gasteiger partial charge in [0.1, 0.15) is 5.60 Å². The molecule has 0 saturated carbocycles. The maximum Gasteiger partial charge on any atom is 0.410 e. The molecule has 0 spiro atoms. The van der Waals surface area contributed by atoms with E-state index in [2.05, 4.69) is 0 Å². The topological polar surface area (TPSA) is 49.8 Å². The van der Waals surface area contributed by atoms with Crippen LogP contribution in [0.3, 0.4) is 0 Å². The average Bonchev–Trinajstić information content (AvgIpc) is 2.15. The van der Waals surface area contributed by atoms with Crippen molar-refractivity contribution in [3.05, 3.63) is 0 Å². The van der Waals surface area contributed by atoms with Gasteiger partial charge in [0.15, 0.2) is 0 Å². The Balaban J connectivity index is 2.34. The number of hydrogen-bond acceptors (Lipinski definition) is 3. The molecule has 0 radical (unpaired) electrons. The number of nitrogens with zero attached hydrogens (tertiary/aromatic N) is 1. The number of ether oxygens (including phenoxy) is 1. The monoisotopic (exact) mass is 243 g/mol. The van der Waals surface area contributed by atoms with E-state index >= 15 is 0 Å². The van der Waals surface area contributed by atoms with Crippen molar-refractivity contribution >= 4 is 6.09 Å². The second-order valence-corrected chi connectivity index (χ2v) is 6.00. The van der Waals surface area contributed by atoms with Crippen molar-refractivity contribution in [1.82, 2.24) is 4.90 Å². The Bertz CT molecular complexity index is 250. The van der Waals surface area contributed by atoms with Crippen LogP contribution < -0.4 is 0 Å².